The number of nitrogens with zero attached hydrogens (tertiary/aromatic N) is 1. The largest absolute Gasteiger partial charge is 0.309 e. The predicted octanol–water partition coefficient (Wildman–Crippen LogP) is 1.69. The second-order valence-corrected chi connectivity index (χ2v) is 5.53. The van der Waals surface area contributed by atoms with Crippen LogP contribution in [-0.4, -0.2) is 22.3 Å². The summed E-state index contributed by atoms with van der Waals surface area (Å²) in [5.41, 5.74) is -0.154. The maximum Gasteiger partial charge on any atom is 0.131 e. The third kappa shape index (κ3) is 4.17. The summed E-state index contributed by atoms with van der Waals surface area (Å²) >= 11 is 0. The number of benzene rings is 1. The number of rotatable bonds is 5. The lowest BCUT2D eigenvalue weighted by atomic mass is 10.1. The van der Waals surface area contributed by atoms with Crippen molar-refractivity contribution in [1.29, 1.82) is 5.26 Å². The van der Waals surface area contributed by atoms with Gasteiger partial charge in [-0.05, 0) is 19.1 Å². The van der Waals surface area contributed by atoms with Crippen molar-refractivity contribution in [1.82, 2.24) is 5.32 Å². The third-order valence-electron chi connectivity index (χ3n) is 2.38. The highest BCUT2D eigenvalue weighted by molar-refractivity contribution is 7.84. The maximum absolute atomic E-state index is 13.5. The van der Waals surface area contributed by atoms with Crippen LogP contribution in [0.15, 0.2) is 12.1 Å². The van der Waals surface area contributed by atoms with Gasteiger partial charge in [0.1, 0.15) is 11.6 Å². The van der Waals surface area contributed by atoms with Crippen LogP contribution in [0.1, 0.15) is 18.1 Å². The van der Waals surface area contributed by atoms with Crippen LogP contribution in [0, 0.1) is 23.0 Å². The number of nitriles is 1. The van der Waals surface area contributed by atoms with Crippen molar-refractivity contribution in [2.45, 2.75) is 19.5 Å². The van der Waals surface area contributed by atoms with E-state index in [1.807, 2.05) is 0 Å². The molecule has 0 saturated carbocycles. The molecule has 0 aliphatic carbocycles. The van der Waals surface area contributed by atoms with E-state index < -0.39 is 22.4 Å². The zero-order chi connectivity index (χ0) is 13.7. The molecule has 0 aliphatic rings. The molecule has 1 rings (SSSR count). The first-order valence-electron chi connectivity index (χ1n) is 5.35. The van der Waals surface area contributed by atoms with Gasteiger partial charge in [-0.1, -0.05) is 0 Å². The fourth-order valence-corrected chi connectivity index (χ4v) is 2.35. The summed E-state index contributed by atoms with van der Waals surface area (Å²) in [6.45, 7) is 1.79. The summed E-state index contributed by atoms with van der Waals surface area (Å²) in [5, 5.41) is 11.5. The first-order valence-corrected chi connectivity index (χ1v) is 7.08. The van der Waals surface area contributed by atoms with Crippen LogP contribution < -0.4 is 5.32 Å². The van der Waals surface area contributed by atoms with E-state index in [1.165, 1.54) is 0 Å². The van der Waals surface area contributed by atoms with E-state index in [0.29, 0.717) is 5.75 Å². The Kier molecular flexibility index (Phi) is 5.38. The number of hydrogen-bond acceptors (Lipinski definition) is 3. The number of halogens is 2. The summed E-state index contributed by atoms with van der Waals surface area (Å²) < 4.78 is 38.0. The molecule has 0 aromatic heterocycles. The summed E-state index contributed by atoms with van der Waals surface area (Å²) in [4.78, 5) is 0. The topological polar surface area (TPSA) is 52.9 Å². The van der Waals surface area contributed by atoms with Crippen LogP contribution in [0.3, 0.4) is 0 Å². The molecular formula is C12H14F2N2OS. The molecule has 1 aromatic rings. The molecule has 0 spiro atoms. The molecule has 1 aromatic carbocycles. The molecule has 6 heteroatoms. The average Bonchev–Trinajstić information content (AvgIpc) is 2.26. The lowest BCUT2D eigenvalue weighted by Crippen LogP contribution is -2.31. The fourth-order valence-electron chi connectivity index (χ4n) is 1.52. The van der Waals surface area contributed by atoms with Crippen molar-refractivity contribution in [3.05, 3.63) is 34.9 Å². The van der Waals surface area contributed by atoms with Crippen LogP contribution in [0.5, 0.6) is 0 Å². The summed E-state index contributed by atoms with van der Waals surface area (Å²) in [6, 6.07) is 3.59. The highest BCUT2D eigenvalue weighted by atomic mass is 32.2. The Bertz CT molecular complexity index is 476. The number of nitrogens with one attached hydrogen (secondary N) is 1. The van der Waals surface area contributed by atoms with Gasteiger partial charge in [0.25, 0.3) is 0 Å². The van der Waals surface area contributed by atoms with Gasteiger partial charge >= 0.3 is 0 Å². The molecule has 18 heavy (non-hydrogen) atoms. The van der Waals surface area contributed by atoms with Gasteiger partial charge in [-0.25, -0.2) is 8.78 Å². The van der Waals surface area contributed by atoms with Crippen molar-refractivity contribution < 1.29 is 13.0 Å². The molecule has 0 radical (unpaired) electrons. The third-order valence-corrected chi connectivity index (χ3v) is 3.35. The van der Waals surface area contributed by atoms with Crippen LogP contribution in [0.4, 0.5) is 8.78 Å². The number of hydrogen-bond donors (Lipinski definition) is 1. The van der Waals surface area contributed by atoms with Gasteiger partial charge in [-0.2, -0.15) is 5.26 Å². The summed E-state index contributed by atoms with van der Waals surface area (Å²) in [5.74, 6) is -1.08. The Balaban J connectivity index is 2.74. The monoisotopic (exact) mass is 272 g/mol. The van der Waals surface area contributed by atoms with E-state index in [1.54, 1.807) is 19.2 Å². The zero-order valence-electron chi connectivity index (χ0n) is 10.2. The molecule has 0 saturated heterocycles. The first kappa shape index (κ1) is 14.7. The Morgan fingerprint density at radius 3 is 2.44 bits per heavy atom. The van der Waals surface area contributed by atoms with Crippen LogP contribution in [0.2, 0.25) is 0 Å². The fraction of sp³-hybridized carbons (Fsp3) is 0.417. The van der Waals surface area contributed by atoms with Crippen LogP contribution in [-0.2, 0) is 17.3 Å². The molecular weight excluding hydrogens is 258 g/mol. The minimum Gasteiger partial charge on any atom is -0.309 e. The van der Waals surface area contributed by atoms with E-state index >= 15 is 0 Å². The Morgan fingerprint density at radius 2 is 2.00 bits per heavy atom. The van der Waals surface area contributed by atoms with Crippen molar-refractivity contribution in [3.8, 4) is 6.07 Å². The minimum atomic E-state index is -0.962. The van der Waals surface area contributed by atoms with E-state index in [-0.39, 0.29) is 23.7 Å². The van der Waals surface area contributed by atoms with Gasteiger partial charge in [0.2, 0.25) is 0 Å². The molecule has 0 amide bonds. The van der Waals surface area contributed by atoms with Gasteiger partial charge in [0.15, 0.2) is 0 Å². The van der Waals surface area contributed by atoms with E-state index in [9.17, 15) is 13.0 Å². The Hall–Kier alpha value is -1.32. The standard InChI is InChI=1S/C12H14F2N2OS/c1-8(7-18(2)17)16-6-10-11(13)3-9(5-15)4-12(10)14/h3-4,8,16H,6-7H2,1-2H3. The van der Waals surface area contributed by atoms with Crippen molar-refractivity contribution >= 4 is 10.8 Å². The second-order valence-electron chi connectivity index (χ2n) is 4.05. The lowest BCUT2D eigenvalue weighted by Gasteiger charge is -2.13. The first-order chi connectivity index (χ1) is 8.43. The van der Waals surface area contributed by atoms with Gasteiger partial charge < -0.3 is 5.32 Å². The average molecular weight is 272 g/mol. The van der Waals surface area contributed by atoms with Crippen molar-refractivity contribution in [2.75, 3.05) is 12.0 Å². The quantitative estimate of drug-likeness (QED) is 0.887. The molecule has 2 unspecified atom stereocenters. The van der Waals surface area contributed by atoms with Crippen molar-refractivity contribution in [2.24, 2.45) is 0 Å². The van der Waals surface area contributed by atoms with E-state index in [0.717, 1.165) is 12.1 Å². The van der Waals surface area contributed by atoms with E-state index in [2.05, 4.69) is 5.32 Å². The minimum absolute atomic E-state index is 0.00173. The zero-order valence-corrected chi connectivity index (χ0v) is 11.0. The highest BCUT2D eigenvalue weighted by Crippen LogP contribution is 2.15. The molecule has 0 aliphatic heterocycles. The van der Waals surface area contributed by atoms with Crippen LogP contribution >= 0.6 is 0 Å². The SMILES string of the molecule is CC(CS(C)=O)NCc1c(F)cc(C#N)cc1F. The smallest absolute Gasteiger partial charge is 0.131 e. The summed E-state index contributed by atoms with van der Waals surface area (Å²) in [6.07, 6.45) is 1.57. The van der Waals surface area contributed by atoms with Gasteiger partial charge in [-0.15, -0.1) is 0 Å². The molecule has 98 valence electrons. The van der Waals surface area contributed by atoms with Gasteiger partial charge in [-0.3, -0.25) is 4.21 Å². The van der Waals surface area contributed by atoms with E-state index in [4.69, 9.17) is 5.26 Å². The molecule has 0 fully saturated rings. The van der Waals surface area contributed by atoms with Gasteiger partial charge in [0.05, 0.1) is 11.6 Å². The molecule has 3 nitrogen and oxygen atoms in total. The highest BCUT2D eigenvalue weighted by Gasteiger charge is 2.12. The Morgan fingerprint density at radius 1 is 1.44 bits per heavy atom. The molecule has 0 heterocycles. The maximum atomic E-state index is 13.5. The molecule has 0 bridgehead atoms. The molecule has 2 atom stereocenters. The summed E-state index contributed by atoms with van der Waals surface area (Å²) in [7, 11) is -0.962. The predicted molar refractivity (Wildman–Crippen MR) is 66.3 cm³/mol. The normalized spacial score (nSPS) is 13.9. The Labute approximate surface area is 107 Å². The van der Waals surface area contributed by atoms with Crippen LogP contribution in [0.25, 0.3) is 0 Å². The second kappa shape index (κ2) is 6.57. The lowest BCUT2D eigenvalue weighted by molar-refractivity contribution is 0.515. The molecule has 1 N–H and O–H groups in total. The van der Waals surface area contributed by atoms with Crippen molar-refractivity contribution in [3.63, 3.8) is 0 Å². The van der Waals surface area contributed by atoms with Gasteiger partial charge in [0, 0.05) is 41.0 Å².